The Balaban J connectivity index is 1.10. The van der Waals surface area contributed by atoms with Crippen molar-refractivity contribution in [2.24, 2.45) is 52.3 Å². The lowest BCUT2D eigenvalue weighted by molar-refractivity contribution is -0.138. The molecule has 1 aromatic carbocycles. The Morgan fingerprint density at radius 2 is 1.65 bits per heavy atom. The van der Waals surface area contributed by atoms with Crippen LogP contribution in [0.3, 0.4) is 0 Å². The number of carbonyl (C=O) groups is 1. The molecule has 0 aliphatic heterocycles. The van der Waals surface area contributed by atoms with Crippen molar-refractivity contribution in [3.05, 3.63) is 30.3 Å². The number of ether oxygens (including phenoxy) is 2. The molecule has 0 unspecified atom stereocenters. The topological polar surface area (TPSA) is 47.6 Å². The van der Waals surface area contributed by atoms with Gasteiger partial charge in [-0.2, -0.15) is 0 Å². The first-order chi connectivity index (χ1) is 19.2. The highest BCUT2D eigenvalue weighted by atomic mass is 16.6. The monoisotopic (exact) mass is 551 g/mol. The molecule has 0 heterocycles. The van der Waals surface area contributed by atoms with Crippen LogP contribution in [0.15, 0.2) is 30.3 Å². The van der Waals surface area contributed by atoms with E-state index in [1.807, 2.05) is 30.3 Å². The number of fused-ring (bicyclic) bond motifs is 5. The summed E-state index contributed by atoms with van der Waals surface area (Å²) in [6.45, 7) is 13.5. The SMILES string of the molecule is CC(C)CCC[C@@H](C)[C@H]1CC[C@H]2[C@@H]3CC[C@@H]4C[C@@H](OCCOC(=O)Nc5ccccc5)CC[C@]4(C)[C@H]3CC[C@]12C. The largest absolute Gasteiger partial charge is 0.447 e. The van der Waals surface area contributed by atoms with Crippen LogP contribution in [0.25, 0.3) is 0 Å². The minimum absolute atomic E-state index is 0.305. The summed E-state index contributed by atoms with van der Waals surface area (Å²) in [4.78, 5) is 12.1. The molecule has 9 atom stereocenters. The molecule has 0 bridgehead atoms. The Morgan fingerprint density at radius 1 is 0.900 bits per heavy atom. The summed E-state index contributed by atoms with van der Waals surface area (Å²) in [5, 5.41) is 2.77. The number of para-hydroxylation sites is 1. The smallest absolute Gasteiger partial charge is 0.411 e. The minimum atomic E-state index is -0.409. The van der Waals surface area contributed by atoms with Crippen LogP contribution in [-0.4, -0.2) is 25.4 Å². The molecule has 1 amide bonds. The van der Waals surface area contributed by atoms with Crippen LogP contribution in [0.2, 0.25) is 0 Å². The second-order valence-corrected chi connectivity index (χ2v) is 15.1. The van der Waals surface area contributed by atoms with Gasteiger partial charge in [-0.3, -0.25) is 5.32 Å². The fourth-order valence-corrected chi connectivity index (χ4v) is 10.4. The van der Waals surface area contributed by atoms with Gasteiger partial charge >= 0.3 is 6.09 Å². The van der Waals surface area contributed by atoms with Gasteiger partial charge in [-0.1, -0.05) is 72.1 Å². The molecule has 0 spiro atoms. The first kappa shape index (κ1) is 29.9. The van der Waals surface area contributed by atoms with Crippen LogP contribution in [0.1, 0.15) is 112 Å². The van der Waals surface area contributed by atoms with Crippen molar-refractivity contribution in [3.8, 4) is 0 Å². The maximum Gasteiger partial charge on any atom is 0.411 e. The van der Waals surface area contributed by atoms with E-state index in [1.54, 1.807) is 0 Å². The average Bonchev–Trinajstić information content (AvgIpc) is 3.29. The first-order valence-corrected chi connectivity index (χ1v) is 16.8. The molecule has 4 fully saturated rings. The van der Waals surface area contributed by atoms with Crippen LogP contribution in [0.4, 0.5) is 10.5 Å². The quantitative estimate of drug-likeness (QED) is 0.294. The molecule has 4 aliphatic carbocycles. The highest BCUT2D eigenvalue weighted by Crippen LogP contribution is 2.68. The van der Waals surface area contributed by atoms with E-state index in [1.165, 1.54) is 70.6 Å². The van der Waals surface area contributed by atoms with Crippen molar-refractivity contribution in [1.82, 2.24) is 0 Å². The normalized spacial score (nSPS) is 37.8. The fourth-order valence-electron chi connectivity index (χ4n) is 10.4. The Morgan fingerprint density at radius 3 is 2.42 bits per heavy atom. The van der Waals surface area contributed by atoms with E-state index in [0.717, 1.165) is 53.5 Å². The lowest BCUT2D eigenvalue weighted by atomic mass is 9.44. The van der Waals surface area contributed by atoms with Gasteiger partial charge in [0.1, 0.15) is 6.61 Å². The Kier molecular flexibility index (Phi) is 9.54. The van der Waals surface area contributed by atoms with Gasteiger partial charge in [0, 0.05) is 5.69 Å². The van der Waals surface area contributed by atoms with Gasteiger partial charge < -0.3 is 9.47 Å². The number of hydrogen-bond acceptors (Lipinski definition) is 3. The van der Waals surface area contributed by atoms with Crippen LogP contribution in [-0.2, 0) is 9.47 Å². The van der Waals surface area contributed by atoms with Gasteiger partial charge in [0.15, 0.2) is 0 Å². The summed E-state index contributed by atoms with van der Waals surface area (Å²) < 4.78 is 11.6. The summed E-state index contributed by atoms with van der Waals surface area (Å²) in [6, 6.07) is 9.45. The van der Waals surface area contributed by atoms with Crippen LogP contribution in [0.5, 0.6) is 0 Å². The molecule has 4 aliphatic rings. The third-order valence-corrected chi connectivity index (χ3v) is 12.5. The molecule has 0 saturated heterocycles. The van der Waals surface area contributed by atoms with Crippen molar-refractivity contribution in [3.63, 3.8) is 0 Å². The fraction of sp³-hybridized carbons (Fsp3) is 0.806. The first-order valence-electron chi connectivity index (χ1n) is 16.8. The molecule has 1 aromatic rings. The van der Waals surface area contributed by atoms with Crippen molar-refractivity contribution >= 4 is 11.8 Å². The number of benzene rings is 1. The third-order valence-electron chi connectivity index (χ3n) is 12.5. The molecular weight excluding hydrogens is 494 g/mol. The van der Waals surface area contributed by atoms with Gasteiger partial charge in [-0.05, 0) is 122 Å². The molecule has 4 saturated carbocycles. The molecule has 5 rings (SSSR count). The number of anilines is 1. The highest BCUT2D eigenvalue weighted by molar-refractivity contribution is 5.84. The zero-order valence-electron chi connectivity index (χ0n) is 26.1. The van der Waals surface area contributed by atoms with E-state index in [-0.39, 0.29) is 0 Å². The average molecular weight is 552 g/mol. The van der Waals surface area contributed by atoms with Crippen LogP contribution < -0.4 is 5.32 Å². The lowest BCUT2D eigenvalue weighted by Gasteiger charge is -2.61. The van der Waals surface area contributed by atoms with Crippen molar-refractivity contribution in [1.29, 1.82) is 0 Å². The van der Waals surface area contributed by atoms with Gasteiger partial charge in [0.05, 0.1) is 12.7 Å². The Bertz CT molecular complexity index is 964. The van der Waals surface area contributed by atoms with Crippen molar-refractivity contribution in [2.75, 3.05) is 18.5 Å². The van der Waals surface area contributed by atoms with Crippen molar-refractivity contribution < 1.29 is 14.3 Å². The predicted molar refractivity (Wildman–Crippen MR) is 164 cm³/mol. The van der Waals surface area contributed by atoms with E-state index in [0.29, 0.717) is 30.1 Å². The molecule has 0 aromatic heterocycles. The molecule has 0 radical (unpaired) electrons. The summed E-state index contributed by atoms with van der Waals surface area (Å²) in [5.41, 5.74) is 1.81. The molecule has 40 heavy (non-hydrogen) atoms. The second kappa shape index (κ2) is 12.8. The number of rotatable bonds is 10. The predicted octanol–water partition coefficient (Wildman–Crippen LogP) is 9.74. The summed E-state index contributed by atoms with van der Waals surface area (Å²) in [6.07, 6.45) is 16.5. The molecule has 4 nitrogen and oxygen atoms in total. The zero-order valence-corrected chi connectivity index (χ0v) is 26.1. The summed E-state index contributed by atoms with van der Waals surface area (Å²) in [7, 11) is 0. The van der Waals surface area contributed by atoms with Crippen LogP contribution in [0, 0.1) is 52.3 Å². The van der Waals surface area contributed by atoms with E-state index >= 15 is 0 Å². The molecule has 4 heteroatoms. The van der Waals surface area contributed by atoms with E-state index < -0.39 is 6.09 Å². The van der Waals surface area contributed by atoms with Crippen molar-refractivity contribution in [2.45, 2.75) is 118 Å². The van der Waals surface area contributed by atoms with Gasteiger partial charge in [-0.25, -0.2) is 4.79 Å². The van der Waals surface area contributed by atoms with Gasteiger partial charge in [0.25, 0.3) is 0 Å². The third kappa shape index (κ3) is 6.27. The van der Waals surface area contributed by atoms with Gasteiger partial charge in [-0.15, -0.1) is 0 Å². The standard InChI is InChI=1S/C36H57NO3/c1-25(2)10-9-11-26(3)31-16-17-32-30-15-14-27-24-29(18-20-35(27,4)33(30)19-21-36(31,32)5)39-22-23-40-34(38)37-28-12-7-6-8-13-28/h6-8,12-13,25-27,29-33H,9-11,14-24H2,1-5H3,(H,37,38)/t26-,27-,29+,30+,31-,32+,33+,35+,36-/m1/s1. The Labute approximate surface area is 244 Å². The summed E-state index contributed by atoms with van der Waals surface area (Å²) >= 11 is 0. The lowest BCUT2D eigenvalue weighted by Crippen LogP contribution is -2.54. The zero-order chi connectivity index (χ0) is 28.3. The number of hydrogen-bond donors (Lipinski definition) is 1. The van der Waals surface area contributed by atoms with E-state index in [2.05, 4.69) is 39.9 Å². The molecule has 1 N–H and O–H groups in total. The maximum absolute atomic E-state index is 12.1. The summed E-state index contributed by atoms with van der Waals surface area (Å²) in [5.74, 6) is 6.26. The number of amides is 1. The second-order valence-electron chi connectivity index (χ2n) is 15.1. The van der Waals surface area contributed by atoms with Crippen LogP contribution >= 0.6 is 0 Å². The number of nitrogens with one attached hydrogen (secondary N) is 1. The molecule has 224 valence electrons. The Hall–Kier alpha value is -1.55. The molecular formula is C36H57NO3. The van der Waals surface area contributed by atoms with E-state index in [4.69, 9.17) is 9.47 Å². The highest BCUT2D eigenvalue weighted by Gasteiger charge is 2.60. The number of carbonyl (C=O) groups excluding carboxylic acids is 1. The minimum Gasteiger partial charge on any atom is -0.447 e. The maximum atomic E-state index is 12.1. The van der Waals surface area contributed by atoms with E-state index in [9.17, 15) is 4.79 Å². The van der Waals surface area contributed by atoms with Gasteiger partial charge in [0.2, 0.25) is 0 Å².